The zero-order valence-corrected chi connectivity index (χ0v) is 27.0. The Balaban J connectivity index is 1.21. The summed E-state index contributed by atoms with van der Waals surface area (Å²) in [6.45, 7) is 0. The van der Waals surface area contributed by atoms with E-state index in [-0.39, 0.29) is 0 Å². The van der Waals surface area contributed by atoms with Crippen LogP contribution < -0.4 is 0 Å². The van der Waals surface area contributed by atoms with Crippen LogP contribution in [0, 0.1) is 0 Å². The number of benzene rings is 9. The van der Waals surface area contributed by atoms with Crippen LogP contribution in [-0.4, -0.2) is 0 Å². The van der Waals surface area contributed by atoms with Gasteiger partial charge in [0.2, 0.25) is 0 Å². The normalized spacial score (nSPS) is 12.0. The first-order valence-electron chi connectivity index (χ1n) is 17.1. The van der Waals surface area contributed by atoms with Crippen LogP contribution in [0.25, 0.3) is 110 Å². The second kappa shape index (κ2) is 10.4. The van der Waals surface area contributed by atoms with E-state index < -0.39 is 0 Å². The number of hydrogen-bond acceptors (Lipinski definition) is 2. The van der Waals surface area contributed by atoms with Gasteiger partial charge in [0.05, 0.1) is 5.39 Å². The Labute approximate surface area is 287 Å². The Morgan fingerprint density at radius 3 is 1.74 bits per heavy atom. The quantitative estimate of drug-likeness (QED) is 0.180. The van der Waals surface area contributed by atoms with E-state index in [1.54, 1.807) is 0 Å². The van der Waals surface area contributed by atoms with E-state index in [1.807, 2.05) is 24.3 Å². The van der Waals surface area contributed by atoms with Crippen molar-refractivity contribution in [2.24, 2.45) is 0 Å². The molecule has 0 aliphatic carbocycles. The van der Waals surface area contributed by atoms with Crippen LogP contribution in [0.15, 0.2) is 179 Å². The minimum absolute atomic E-state index is 0.843. The van der Waals surface area contributed by atoms with Crippen LogP contribution in [0.1, 0.15) is 0 Å². The molecule has 2 nitrogen and oxygen atoms in total. The molecule has 0 aliphatic heterocycles. The third kappa shape index (κ3) is 3.90. The first kappa shape index (κ1) is 27.3. The van der Waals surface area contributed by atoms with E-state index >= 15 is 0 Å². The van der Waals surface area contributed by atoms with Crippen molar-refractivity contribution in [3.63, 3.8) is 0 Å². The van der Waals surface area contributed by atoms with Gasteiger partial charge in [0, 0.05) is 21.7 Å². The molecule has 2 aromatic heterocycles. The predicted molar refractivity (Wildman–Crippen MR) is 210 cm³/mol. The molecular weight excluding hydrogens is 609 g/mol. The molecule has 0 amide bonds. The molecular formula is C48H28O2. The van der Waals surface area contributed by atoms with Crippen LogP contribution in [0.5, 0.6) is 0 Å². The molecule has 0 N–H and O–H groups in total. The smallest absolute Gasteiger partial charge is 0.147 e. The minimum Gasteiger partial charge on any atom is -0.455 e. The zero-order chi connectivity index (χ0) is 32.8. The van der Waals surface area contributed by atoms with E-state index in [1.165, 1.54) is 54.6 Å². The number of para-hydroxylation sites is 2. The summed E-state index contributed by atoms with van der Waals surface area (Å²) < 4.78 is 13.2. The summed E-state index contributed by atoms with van der Waals surface area (Å²) >= 11 is 0. The molecule has 0 atom stereocenters. The standard InChI is InChI=1S/C48H28O2/c1-3-17-33-29(12-1)14-10-21-35(33)36-22-11-23-38-41(36)27-31-13-2-4-18-34(31)45(38)32-16-9-15-30(26-32)40-28-42-37-19-5-7-24-43(37)49-48(42)46-39-20-6-8-25-44(39)50-47(40)46/h1-28H. The molecule has 0 saturated carbocycles. The van der Waals surface area contributed by atoms with E-state index in [0.717, 1.165) is 55.0 Å². The predicted octanol–water partition coefficient (Wildman–Crippen LogP) is 13.9. The molecule has 232 valence electrons. The zero-order valence-electron chi connectivity index (χ0n) is 27.0. The van der Waals surface area contributed by atoms with Gasteiger partial charge < -0.3 is 8.83 Å². The molecule has 9 aromatic carbocycles. The third-order valence-electron chi connectivity index (χ3n) is 10.4. The number of furan rings is 2. The lowest BCUT2D eigenvalue weighted by atomic mass is 9.87. The molecule has 0 bridgehead atoms. The summed E-state index contributed by atoms with van der Waals surface area (Å²) in [4.78, 5) is 0. The van der Waals surface area contributed by atoms with Gasteiger partial charge in [-0.05, 0) is 90.5 Å². The van der Waals surface area contributed by atoms with Gasteiger partial charge in [0.1, 0.15) is 22.3 Å². The summed E-state index contributed by atoms with van der Waals surface area (Å²) in [5, 5.41) is 11.7. The highest BCUT2D eigenvalue weighted by Crippen LogP contribution is 2.46. The lowest BCUT2D eigenvalue weighted by Gasteiger charge is -2.17. The summed E-state index contributed by atoms with van der Waals surface area (Å²) in [7, 11) is 0. The van der Waals surface area contributed by atoms with Crippen LogP contribution in [0.4, 0.5) is 0 Å². The monoisotopic (exact) mass is 636 g/mol. The number of hydrogen-bond donors (Lipinski definition) is 0. The molecule has 0 fully saturated rings. The van der Waals surface area contributed by atoms with E-state index in [0.29, 0.717) is 0 Å². The lowest BCUT2D eigenvalue weighted by Crippen LogP contribution is -1.90. The van der Waals surface area contributed by atoms with Crippen LogP contribution >= 0.6 is 0 Å². The summed E-state index contributed by atoms with van der Waals surface area (Å²) in [6, 6.07) is 60.9. The highest BCUT2D eigenvalue weighted by molar-refractivity contribution is 6.25. The maximum Gasteiger partial charge on any atom is 0.147 e. The molecule has 0 spiro atoms. The fourth-order valence-corrected chi connectivity index (χ4v) is 8.22. The van der Waals surface area contributed by atoms with Crippen LogP contribution in [-0.2, 0) is 0 Å². The number of fused-ring (bicyclic) bond motifs is 10. The summed E-state index contributed by atoms with van der Waals surface area (Å²) in [5.74, 6) is 0. The second-order valence-electron chi connectivity index (χ2n) is 13.2. The third-order valence-corrected chi connectivity index (χ3v) is 10.4. The highest BCUT2D eigenvalue weighted by atomic mass is 16.3. The van der Waals surface area contributed by atoms with Crippen molar-refractivity contribution in [1.29, 1.82) is 0 Å². The minimum atomic E-state index is 0.843. The summed E-state index contributed by atoms with van der Waals surface area (Å²) in [6.07, 6.45) is 0. The fraction of sp³-hybridized carbons (Fsp3) is 0. The second-order valence-corrected chi connectivity index (χ2v) is 13.2. The van der Waals surface area contributed by atoms with Gasteiger partial charge in [-0.25, -0.2) is 0 Å². The largest absolute Gasteiger partial charge is 0.455 e. The highest BCUT2D eigenvalue weighted by Gasteiger charge is 2.21. The molecule has 11 aromatic rings. The maximum absolute atomic E-state index is 6.67. The molecule has 2 heterocycles. The first-order valence-corrected chi connectivity index (χ1v) is 17.1. The average molecular weight is 637 g/mol. The van der Waals surface area contributed by atoms with Gasteiger partial charge in [-0.15, -0.1) is 0 Å². The molecule has 0 aliphatic rings. The van der Waals surface area contributed by atoms with Gasteiger partial charge in [-0.1, -0.05) is 140 Å². The molecule has 11 rings (SSSR count). The van der Waals surface area contributed by atoms with Gasteiger partial charge in [-0.3, -0.25) is 0 Å². The van der Waals surface area contributed by atoms with Crippen molar-refractivity contribution in [3.05, 3.63) is 170 Å². The summed E-state index contributed by atoms with van der Waals surface area (Å²) in [5.41, 5.74) is 10.5. The van der Waals surface area contributed by atoms with E-state index in [4.69, 9.17) is 8.83 Å². The Morgan fingerprint density at radius 2 is 0.880 bits per heavy atom. The van der Waals surface area contributed by atoms with Crippen molar-refractivity contribution in [2.45, 2.75) is 0 Å². The van der Waals surface area contributed by atoms with Gasteiger partial charge in [0.25, 0.3) is 0 Å². The fourth-order valence-electron chi connectivity index (χ4n) is 8.22. The SMILES string of the molecule is c1cc(-c2c3ccccc3cc3c(-c4cccc5ccccc45)cccc23)cc(-c2cc3c4ccccc4oc3c3c2oc2ccccc23)c1. The molecule has 0 saturated heterocycles. The number of rotatable bonds is 3. The first-order chi connectivity index (χ1) is 24.8. The van der Waals surface area contributed by atoms with E-state index in [2.05, 4.69) is 146 Å². The van der Waals surface area contributed by atoms with Crippen molar-refractivity contribution < 1.29 is 8.83 Å². The van der Waals surface area contributed by atoms with Crippen LogP contribution in [0.3, 0.4) is 0 Å². The van der Waals surface area contributed by atoms with E-state index in [9.17, 15) is 0 Å². The van der Waals surface area contributed by atoms with Gasteiger partial charge in [0.15, 0.2) is 0 Å². The van der Waals surface area contributed by atoms with Crippen molar-refractivity contribution in [3.8, 4) is 33.4 Å². The molecule has 0 unspecified atom stereocenters. The lowest BCUT2D eigenvalue weighted by molar-refractivity contribution is 0.663. The van der Waals surface area contributed by atoms with Crippen LogP contribution in [0.2, 0.25) is 0 Å². The Morgan fingerprint density at radius 1 is 0.300 bits per heavy atom. The Hall–Kier alpha value is -6.64. The topological polar surface area (TPSA) is 26.3 Å². The average Bonchev–Trinajstić information content (AvgIpc) is 3.75. The maximum atomic E-state index is 6.67. The van der Waals surface area contributed by atoms with Crippen molar-refractivity contribution in [1.82, 2.24) is 0 Å². The van der Waals surface area contributed by atoms with Gasteiger partial charge in [-0.2, -0.15) is 0 Å². The Kier molecular flexibility index (Phi) is 5.70. The van der Waals surface area contributed by atoms with Crippen molar-refractivity contribution in [2.75, 3.05) is 0 Å². The van der Waals surface area contributed by atoms with Crippen molar-refractivity contribution >= 4 is 76.2 Å². The molecule has 0 radical (unpaired) electrons. The van der Waals surface area contributed by atoms with Gasteiger partial charge >= 0.3 is 0 Å². The molecule has 50 heavy (non-hydrogen) atoms. The molecule has 2 heteroatoms. The Bertz CT molecular complexity index is 3150.